The monoisotopic (exact) mass is 454 g/mol. The van der Waals surface area contributed by atoms with Crippen molar-refractivity contribution in [3.8, 4) is 17.1 Å². The Morgan fingerprint density at radius 2 is 1.97 bits per heavy atom. The van der Waals surface area contributed by atoms with Crippen LogP contribution in [0.5, 0.6) is 5.75 Å². The van der Waals surface area contributed by atoms with Crippen LogP contribution in [-0.4, -0.2) is 45.8 Å². The zero-order chi connectivity index (χ0) is 22.5. The number of rotatable bonds is 7. The van der Waals surface area contributed by atoms with Gasteiger partial charge in [-0.1, -0.05) is 12.1 Å². The van der Waals surface area contributed by atoms with E-state index in [0.29, 0.717) is 29.5 Å². The molecule has 3 aromatic rings. The molecule has 1 aromatic heterocycles. The number of halogens is 1. The number of benzene rings is 2. The molecule has 32 heavy (non-hydrogen) atoms. The molecule has 0 saturated carbocycles. The maximum Gasteiger partial charge on any atom is 0.224 e. The van der Waals surface area contributed by atoms with Crippen molar-refractivity contribution in [1.82, 2.24) is 19.7 Å². The van der Waals surface area contributed by atoms with Gasteiger partial charge in [0.1, 0.15) is 11.6 Å². The van der Waals surface area contributed by atoms with Crippen molar-refractivity contribution < 1.29 is 13.9 Å². The Hall–Kier alpha value is -3.00. The minimum atomic E-state index is -0.193. The van der Waals surface area contributed by atoms with E-state index in [1.54, 1.807) is 19.2 Å². The Morgan fingerprint density at radius 3 is 2.66 bits per heavy atom. The molecule has 0 aliphatic carbocycles. The number of likely N-dealkylation sites (tertiary alicyclic amines) is 1. The molecule has 1 aliphatic rings. The van der Waals surface area contributed by atoms with Crippen LogP contribution in [-0.2, 0) is 17.8 Å². The van der Waals surface area contributed by atoms with E-state index in [0.717, 1.165) is 49.2 Å². The van der Waals surface area contributed by atoms with Crippen LogP contribution in [0, 0.1) is 16.5 Å². The zero-order valence-electron chi connectivity index (χ0n) is 18.1. The number of carbonyl (C=O) groups is 1. The highest BCUT2D eigenvalue weighted by molar-refractivity contribution is 7.71. The fourth-order valence-corrected chi connectivity index (χ4v) is 4.46. The van der Waals surface area contributed by atoms with Crippen molar-refractivity contribution in [2.75, 3.05) is 20.2 Å². The summed E-state index contributed by atoms with van der Waals surface area (Å²) in [6.07, 6.45) is 3.09. The summed E-state index contributed by atoms with van der Waals surface area (Å²) in [4.78, 5) is 14.8. The van der Waals surface area contributed by atoms with Crippen LogP contribution < -0.4 is 4.74 Å². The summed E-state index contributed by atoms with van der Waals surface area (Å²) in [5.41, 5.74) is 1.93. The summed E-state index contributed by atoms with van der Waals surface area (Å²) < 4.78 is 21.0. The third-order valence-corrected chi connectivity index (χ3v) is 6.35. The van der Waals surface area contributed by atoms with Gasteiger partial charge in [-0.05, 0) is 79.4 Å². The van der Waals surface area contributed by atoms with Crippen LogP contribution in [0.2, 0.25) is 0 Å². The van der Waals surface area contributed by atoms with Gasteiger partial charge >= 0.3 is 0 Å². The van der Waals surface area contributed by atoms with E-state index in [1.807, 2.05) is 39.8 Å². The molecule has 1 fully saturated rings. The lowest BCUT2D eigenvalue weighted by molar-refractivity contribution is -0.132. The Balaban J connectivity index is 1.32. The molecule has 6 nitrogen and oxygen atoms in total. The second-order valence-corrected chi connectivity index (χ2v) is 8.53. The van der Waals surface area contributed by atoms with E-state index in [9.17, 15) is 9.18 Å². The zero-order valence-corrected chi connectivity index (χ0v) is 18.9. The van der Waals surface area contributed by atoms with Crippen molar-refractivity contribution in [1.29, 1.82) is 0 Å². The van der Waals surface area contributed by atoms with Gasteiger partial charge in [-0.15, -0.1) is 0 Å². The standard InChI is InChI=1S/C24H27FN4O2S/c1-31-21-7-5-19(6-8-21)23-26-27-24(32)29(23)14-11-22(30)28-12-9-17(10-13-28)15-18-3-2-4-20(25)16-18/h2-8,16-17H,9-15H2,1H3,(H,27,32). The van der Waals surface area contributed by atoms with E-state index in [-0.39, 0.29) is 11.7 Å². The highest BCUT2D eigenvalue weighted by Crippen LogP contribution is 2.24. The van der Waals surface area contributed by atoms with Gasteiger partial charge in [-0.25, -0.2) is 4.39 Å². The number of piperidine rings is 1. The van der Waals surface area contributed by atoms with Crippen molar-refractivity contribution in [3.63, 3.8) is 0 Å². The third kappa shape index (κ3) is 5.24. The number of methoxy groups -OCH3 is 1. The number of nitrogens with one attached hydrogen (secondary N) is 1. The number of hydrogen-bond donors (Lipinski definition) is 1. The van der Waals surface area contributed by atoms with Crippen LogP contribution in [0.15, 0.2) is 48.5 Å². The average Bonchev–Trinajstić information content (AvgIpc) is 3.18. The quantitative estimate of drug-likeness (QED) is 0.529. The summed E-state index contributed by atoms with van der Waals surface area (Å²) in [6.45, 7) is 1.95. The molecular formula is C24H27FN4O2S. The lowest BCUT2D eigenvalue weighted by atomic mass is 9.90. The molecule has 1 saturated heterocycles. The molecule has 1 aliphatic heterocycles. The maximum absolute atomic E-state index is 13.4. The van der Waals surface area contributed by atoms with E-state index >= 15 is 0 Å². The fraction of sp³-hybridized carbons (Fsp3) is 0.375. The van der Waals surface area contributed by atoms with Crippen molar-refractivity contribution in [2.45, 2.75) is 32.2 Å². The van der Waals surface area contributed by atoms with E-state index in [4.69, 9.17) is 17.0 Å². The molecule has 4 rings (SSSR count). The molecule has 1 N–H and O–H groups in total. The summed E-state index contributed by atoms with van der Waals surface area (Å²) in [6, 6.07) is 14.4. The van der Waals surface area contributed by atoms with Gasteiger partial charge in [0, 0.05) is 31.6 Å². The Kier molecular flexibility index (Phi) is 6.99. The first-order valence-electron chi connectivity index (χ1n) is 10.9. The van der Waals surface area contributed by atoms with Gasteiger partial charge in [0.15, 0.2) is 10.6 Å². The highest BCUT2D eigenvalue weighted by atomic mass is 32.1. The molecule has 2 aromatic carbocycles. The fourth-order valence-electron chi connectivity index (χ4n) is 4.23. The number of ether oxygens (including phenoxy) is 1. The molecule has 0 spiro atoms. The van der Waals surface area contributed by atoms with E-state index in [1.165, 1.54) is 6.07 Å². The number of aromatic amines is 1. The topological polar surface area (TPSA) is 63.1 Å². The van der Waals surface area contributed by atoms with Gasteiger partial charge in [-0.2, -0.15) is 5.10 Å². The minimum absolute atomic E-state index is 0.123. The van der Waals surface area contributed by atoms with Crippen LogP contribution in [0.4, 0.5) is 4.39 Å². The molecule has 2 heterocycles. The van der Waals surface area contributed by atoms with Gasteiger partial charge in [0.25, 0.3) is 0 Å². The molecule has 168 valence electrons. The number of nitrogens with zero attached hydrogens (tertiary/aromatic N) is 3. The third-order valence-electron chi connectivity index (χ3n) is 6.04. The van der Waals surface area contributed by atoms with Gasteiger partial charge in [0.05, 0.1) is 7.11 Å². The number of carbonyl (C=O) groups excluding carboxylic acids is 1. The SMILES string of the molecule is COc1ccc(-c2n[nH]c(=S)n2CCC(=O)N2CCC(Cc3cccc(F)c3)CC2)cc1. The predicted molar refractivity (Wildman–Crippen MR) is 123 cm³/mol. The first kappa shape index (κ1) is 22.2. The van der Waals surface area contributed by atoms with E-state index < -0.39 is 0 Å². The molecule has 0 radical (unpaired) electrons. The number of amides is 1. The van der Waals surface area contributed by atoms with Gasteiger partial charge in [0.2, 0.25) is 5.91 Å². The molecule has 0 unspecified atom stereocenters. The van der Waals surface area contributed by atoms with Crippen LogP contribution >= 0.6 is 12.2 Å². The number of H-pyrrole nitrogens is 1. The molecule has 8 heteroatoms. The lowest BCUT2D eigenvalue weighted by Gasteiger charge is -2.32. The average molecular weight is 455 g/mol. The second kappa shape index (κ2) is 10.1. The molecule has 0 bridgehead atoms. The first-order valence-corrected chi connectivity index (χ1v) is 11.3. The maximum atomic E-state index is 13.4. The lowest BCUT2D eigenvalue weighted by Crippen LogP contribution is -2.39. The van der Waals surface area contributed by atoms with Gasteiger partial charge in [-0.3, -0.25) is 14.5 Å². The van der Waals surface area contributed by atoms with Gasteiger partial charge < -0.3 is 9.64 Å². The Labute approximate surface area is 192 Å². The van der Waals surface area contributed by atoms with E-state index in [2.05, 4.69) is 10.2 Å². The Morgan fingerprint density at radius 1 is 1.22 bits per heavy atom. The summed E-state index contributed by atoms with van der Waals surface area (Å²) in [5.74, 6) is 1.88. The van der Waals surface area contributed by atoms with Crippen LogP contribution in [0.25, 0.3) is 11.4 Å². The van der Waals surface area contributed by atoms with Crippen LogP contribution in [0.3, 0.4) is 0 Å². The predicted octanol–water partition coefficient (Wildman–Crippen LogP) is 4.63. The molecular weight excluding hydrogens is 427 g/mol. The second-order valence-electron chi connectivity index (χ2n) is 8.14. The molecule has 1 amide bonds. The normalized spacial score (nSPS) is 14.5. The largest absolute Gasteiger partial charge is 0.497 e. The van der Waals surface area contributed by atoms with Crippen LogP contribution in [0.1, 0.15) is 24.8 Å². The molecule has 0 atom stereocenters. The summed E-state index contributed by atoms with van der Waals surface area (Å²) in [5, 5.41) is 7.17. The Bertz CT molecular complexity index is 1120. The minimum Gasteiger partial charge on any atom is -0.497 e. The first-order chi connectivity index (χ1) is 15.5. The number of hydrogen-bond acceptors (Lipinski definition) is 4. The van der Waals surface area contributed by atoms with Crippen molar-refractivity contribution >= 4 is 18.1 Å². The summed E-state index contributed by atoms with van der Waals surface area (Å²) >= 11 is 5.39. The number of aromatic nitrogens is 3. The summed E-state index contributed by atoms with van der Waals surface area (Å²) in [7, 11) is 1.63. The smallest absolute Gasteiger partial charge is 0.224 e. The highest BCUT2D eigenvalue weighted by Gasteiger charge is 2.23. The van der Waals surface area contributed by atoms with Crippen molar-refractivity contribution in [3.05, 3.63) is 64.7 Å². The van der Waals surface area contributed by atoms with Crippen molar-refractivity contribution in [2.24, 2.45) is 5.92 Å².